The van der Waals surface area contributed by atoms with Crippen molar-refractivity contribution in [3.63, 3.8) is 0 Å². The Morgan fingerprint density at radius 1 is 1.31 bits per heavy atom. The predicted molar refractivity (Wildman–Crippen MR) is 61.1 cm³/mol. The van der Waals surface area contributed by atoms with Crippen molar-refractivity contribution in [2.24, 2.45) is 5.92 Å². The van der Waals surface area contributed by atoms with E-state index >= 15 is 0 Å². The Morgan fingerprint density at radius 2 is 1.94 bits per heavy atom. The molecule has 0 aromatic carbocycles. The number of hydrogen-bond donors (Lipinski definition) is 1. The molecule has 0 heterocycles. The number of carboxylic acid groups (broad SMARTS) is 1. The van der Waals surface area contributed by atoms with Crippen LogP contribution in [0.25, 0.3) is 0 Å². The Bertz CT molecular complexity index is 259. The topological polar surface area (TPSA) is 57.6 Å². The molecule has 0 atom stereocenters. The molecule has 1 N–H and O–H groups in total. The smallest absolute Gasteiger partial charge is 0.303 e. The minimum atomic E-state index is -0.824. The molecule has 1 saturated carbocycles. The van der Waals surface area contributed by atoms with Gasteiger partial charge in [-0.15, -0.1) is 0 Å². The highest BCUT2D eigenvalue weighted by Gasteiger charge is 2.32. The lowest BCUT2D eigenvalue weighted by Crippen LogP contribution is -2.36. The number of amides is 1. The summed E-state index contributed by atoms with van der Waals surface area (Å²) in [6.45, 7) is 5.00. The molecule has 0 saturated heterocycles. The van der Waals surface area contributed by atoms with Gasteiger partial charge < -0.3 is 10.0 Å². The van der Waals surface area contributed by atoms with Crippen molar-refractivity contribution in [2.45, 2.75) is 52.0 Å². The van der Waals surface area contributed by atoms with Crippen molar-refractivity contribution in [3.8, 4) is 0 Å². The maximum Gasteiger partial charge on any atom is 0.303 e. The molecule has 1 aliphatic carbocycles. The van der Waals surface area contributed by atoms with E-state index in [4.69, 9.17) is 5.11 Å². The van der Waals surface area contributed by atoms with Crippen LogP contribution in [0.15, 0.2) is 0 Å². The molecule has 4 nitrogen and oxygen atoms in total. The lowest BCUT2D eigenvalue weighted by Gasteiger charge is -2.24. The minimum Gasteiger partial charge on any atom is -0.481 e. The van der Waals surface area contributed by atoms with Crippen LogP contribution in [0.3, 0.4) is 0 Å². The molecule has 0 aliphatic heterocycles. The fourth-order valence-electron chi connectivity index (χ4n) is 1.77. The number of aliphatic carboxylic acids is 1. The summed E-state index contributed by atoms with van der Waals surface area (Å²) in [5.74, 6) is -0.226. The number of rotatable bonds is 7. The Balaban J connectivity index is 2.32. The van der Waals surface area contributed by atoms with Crippen LogP contribution in [0.4, 0.5) is 0 Å². The molecule has 1 amide bonds. The largest absolute Gasteiger partial charge is 0.481 e. The average Bonchev–Trinajstić information content (AvgIpc) is 2.96. The summed E-state index contributed by atoms with van der Waals surface area (Å²) in [5, 5.41) is 8.51. The van der Waals surface area contributed by atoms with Gasteiger partial charge in [-0.05, 0) is 25.2 Å². The fraction of sp³-hybridized carbons (Fsp3) is 0.833. The first-order valence-electron chi connectivity index (χ1n) is 6.02. The van der Waals surface area contributed by atoms with Gasteiger partial charge in [0.05, 0.1) is 0 Å². The molecule has 1 rings (SSSR count). The van der Waals surface area contributed by atoms with Gasteiger partial charge in [0.15, 0.2) is 0 Å². The summed E-state index contributed by atoms with van der Waals surface area (Å²) in [6.07, 6.45) is 3.13. The number of nitrogens with zero attached hydrogens (tertiary/aromatic N) is 1. The van der Waals surface area contributed by atoms with E-state index in [1.165, 1.54) is 0 Å². The van der Waals surface area contributed by atoms with Gasteiger partial charge in [0.1, 0.15) is 0 Å². The Hall–Kier alpha value is -1.06. The van der Waals surface area contributed by atoms with Crippen molar-refractivity contribution in [1.82, 2.24) is 4.90 Å². The first kappa shape index (κ1) is 13.0. The highest BCUT2D eigenvalue weighted by Crippen LogP contribution is 2.28. The van der Waals surface area contributed by atoms with Gasteiger partial charge in [0.25, 0.3) is 0 Å². The zero-order valence-electron chi connectivity index (χ0n) is 10.1. The summed E-state index contributed by atoms with van der Waals surface area (Å²) in [7, 11) is 0. The molecule has 1 aliphatic rings. The lowest BCUT2D eigenvalue weighted by atomic mass is 10.1. The lowest BCUT2D eigenvalue weighted by molar-refractivity contribution is -0.137. The Kier molecular flexibility index (Phi) is 4.77. The number of carboxylic acids is 1. The van der Waals surface area contributed by atoms with Crippen LogP contribution in [0.5, 0.6) is 0 Å². The Labute approximate surface area is 96.6 Å². The molecule has 1 fully saturated rings. The first-order chi connectivity index (χ1) is 7.50. The van der Waals surface area contributed by atoms with E-state index in [1.807, 2.05) is 4.90 Å². The van der Waals surface area contributed by atoms with Crippen LogP contribution < -0.4 is 0 Å². The van der Waals surface area contributed by atoms with Crippen LogP contribution in [0.2, 0.25) is 0 Å². The van der Waals surface area contributed by atoms with Crippen molar-refractivity contribution in [3.05, 3.63) is 0 Å². The SMILES string of the molecule is CC(C)CN(C(=O)CCCC(=O)O)C1CC1. The Morgan fingerprint density at radius 3 is 2.38 bits per heavy atom. The van der Waals surface area contributed by atoms with E-state index in [9.17, 15) is 9.59 Å². The third-order valence-electron chi connectivity index (χ3n) is 2.65. The summed E-state index contributed by atoms with van der Waals surface area (Å²) < 4.78 is 0. The molecule has 0 radical (unpaired) electrons. The molecule has 0 spiro atoms. The summed E-state index contributed by atoms with van der Waals surface area (Å²) in [4.78, 5) is 24.2. The number of hydrogen-bond acceptors (Lipinski definition) is 2. The zero-order valence-corrected chi connectivity index (χ0v) is 10.1. The molecule has 4 heteroatoms. The standard InChI is InChI=1S/C12H21NO3/c1-9(2)8-13(10-6-7-10)11(14)4-3-5-12(15)16/h9-10H,3-8H2,1-2H3,(H,15,16). The van der Waals surface area contributed by atoms with E-state index in [0.717, 1.165) is 19.4 Å². The molecular weight excluding hydrogens is 206 g/mol. The van der Waals surface area contributed by atoms with Crippen LogP contribution in [-0.2, 0) is 9.59 Å². The van der Waals surface area contributed by atoms with E-state index < -0.39 is 5.97 Å². The summed E-state index contributed by atoms with van der Waals surface area (Å²) in [6, 6.07) is 0.430. The quantitative estimate of drug-likeness (QED) is 0.722. The van der Waals surface area contributed by atoms with Crippen molar-refractivity contribution in [1.29, 1.82) is 0 Å². The minimum absolute atomic E-state index is 0.0892. The van der Waals surface area contributed by atoms with Gasteiger partial charge in [0, 0.05) is 25.4 Å². The van der Waals surface area contributed by atoms with Gasteiger partial charge in [-0.2, -0.15) is 0 Å². The molecule has 92 valence electrons. The molecule has 0 unspecified atom stereocenters. The molecule has 0 bridgehead atoms. The predicted octanol–water partition coefficient (Wildman–Crippen LogP) is 1.89. The van der Waals surface area contributed by atoms with E-state index in [-0.39, 0.29) is 12.3 Å². The van der Waals surface area contributed by atoms with Gasteiger partial charge >= 0.3 is 5.97 Å². The third kappa shape index (κ3) is 4.64. The average molecular weight is 227 g/mol. The van der Waals surface area contributed by atoms with Crippen molar-refractivity contribution >= 4 is 11.9 Å². The van der Waals surface area contributed by atoms with Crippen LogP contribution in [0, 0.1) is 5.92 Å². The highest BCUT2D eigenvalue weighted by atomic mass is 16.4. The molecular formula is C12H21NO3. The number of carbonyl (C=O) groups is 2. The second kappa shape index (κ2) is 5.87. The van der Waals surface area contributed by atoms with Gasteiger partial charge in [0.2, 0.25) is 5.91 Å². The molecule has 16 heavy (non-hydrogen) atoms. The molecule has 0 aromatic rings. The highest BCUT2D eigenvalue weighted by molar-refractivity contribution is 5.77. The number of carbonyl (C=O) groups excluding carboxylic acids is 1. The summed E-state index contributed by atoms with van der Waals surface area (Å²) in [5.41, 5.74) is 0. The van der Waals surface area contributed by atoms with E-state index in [1.54, 1.807) is 0 Å². The van der Waals surface area contributed by atoms with E-state index in [0.29, 0.717) is 24.8 Å². The van der Waals surface area contributed by atoms with Crippen molar-refractivity contribution in [2.75, 3.05) is 6.54 Å². The summed E-state index contributed by atoms with van der Waals surface area (Å²) >= 11 is 0. The van der Waals surface area contributed by atoms with Crippen LogP contribution in [0.1, 0.15) is 46.0 Å². The van der Waals surface area contributed by atoms with Gasteiger partial charge in [-0.1, -0.05) is 13.8 Å². The van der Waals surface area contributed by atoms with Gasteiger partial charge in [-0.25, -0.2) is 0 Å². The van der Waals surface area contributed by atoms with E-state index in [2.05, 4.69) is 13.8 Å². The van der Waals surface area contributed by atoms with Crippen molar-refractivity contribution < 1.29 is 14.7 Å². The zero-order chi connectivity index (χ0) is 12.1. The molecule has 0 aromatic heterocycles. The second-order valence-corrected chi connectivity index (χ2v) is 4.92. The maximum absolute atomic E-state index is 11.9. The first-order valence-corrected chi connectivity index (χ1v) is 6.02. The van der Waals surface area contributed by atoms with Gasteiger partial charge in [-0.3, -0.25) is 9.59 Å². The second-order valence-electron chi connectivity index (χ2n) is 4.92. The van der Waals surface area contributed by atoms with Crippen LogP contribution >= 0.6 is 0 Å². The van der Waals surface area contributed by atoms with Crippen LogP contribution in [-0.4, -0.2) is 34.5 Å². The third-order valence-corrected chi connectivity index (χ3v) is 2.65. The fourth-order valence-corrected chi connectivity index (χ4v) is 1.77. The monoisotopic (exact) mass is 227 g/mol. The normalized spacial score (nSPS) is 15.2. The maximum atomic E-state index is 11.9.